The number of fused-ring (bicyclic) bond motifs is 1. The number of anilines is 1. The number of phenols is 1. The van der Waals surface area contributed by atoms with Crippen molar-refractivity contribution < 1.29 is 14.3 Å². The summed E-state index contributed by atoms with van der Waals surface area (Å²) in [4.78, 5) is 17.8. The Labute approximate surface area is 211 Å². The van der Waals surface area contributed by atoms with Crippen molar-refractivity contribution in [1.82, 2.24) is 9.88 Å². The number of aromatic nitrogens is 1. The average Bonchev–Trinajstić information content (AvgIpc) is 2.84. The van der Waals surface area contributed by atoms with Crippen LogP contribution in [-0.4, -0.2) is 48.0 Å². The first-order valence-corrected chi connectivity index (χ1v) is 12.7. The lowest BCUT2D eigenvalue weighted by Crippen LogP contribution is -2.31. The highest BCUT2D eigenvalue weighted by atomic mass is 35.5. The summed E-state index contributed by atoms with van der Waals surface area (Å²) in [5.41, 5.74) is 4.37. The van der Waals surface area contributed by atoms with Crippen LogP contribution >= 0.6 is 11.6 Å². The van der Waals surface area contributed by atoms with Crippen LogP contribution in [0.4, 0.5) is 10.1 Å². The van der Waals surface area contributed by atoms with Gasteiger partial charge in [-0.25, -0.2) is 4.39 Å². The summed E-state index contributed by atoms with van der Waals surface area (Å²) in [6.45, 7) is 1.12. The number of nitrogens with zero attached hydrogens (tertiary/aromatic N) is 2. The van der Waals surface area contributed by atoms with Crippen LogP contribution in [-0.2, 0) is 11.2 Å². The first-order valence-electron chi connectivity index (χ1n) is 12.3. The molecule has 3 aromatic rings. The van der Waals surface area contributed by atoms with E-state index in [1.165, 1.54) is 18.9 Å². The van der Waals surface area contributed by atoms with Crippen molar-refractivity contribution in [2.75, 3.05) is 26.0 Å². The zero-order valence-corrected chi connectivity index (χ0v) is 21.1. The van der Waals surface area contributed by atoms with E-state index in [2.05, 4.69) is 29.3 Å². The summed E-state index contributed by atoms with van der Waals surface area (Å²) in [6, 6.07) is 9.06. The topological polar surface area (TPSA) is 65.5 Å². The van der Waals surface area contributed by atoms with Gasteiger partial charge in [-0.05, 0) is 99.5 Å². The Balaban J connectivity index is 1.68. The summed E-state index contributed by atoms with van der Waals surface area (Å²) in [5.74, 6) is -0.561. The van der Waals surface area contributed by atoms with Crippen molar-refractivity contribution in [3.63, 3.8) is 0 Å². The number of aromatic hydroxyl groups is 1. The third kappa shape index (κ3) is 6.11. The van der Waals surface area contributed by atoms with Crippen LogP contribution in [0, 0.1) is 11.7 Å². The predicted molar refractivity (Wildman–Crippen MR) is 141 cm³/mol. The molecule has 1 fully saturated rings. The van der Waals surface area contributed by atoms with Crippen LogP contribution < -0.4 is 5.32 Å². The van der Waals surface area contributed by atoms with Gasteiger partial charge in [0.1, 0.15) is 6.29 Å². The lowest BCUT2D eigenvalue weighted by Gasteiger charge is -2.32. The number of unbranched alkanes of at least 4 members (excludes halogenated alkanes) is 1. The van der Waals surface area contributed by atoms with E-state index in [1.54, 1.807) is 6.07 Å². The van der Waals surface area contributed by atoms with E-state index >= 15 is 0 Å². The van der Waals surface area contributed by atoms with E-state index in [-0.39, 0.29) is 5.02 Å². The molecule has 0 saturated heterocycles. The van der Waals surface area contributed by atoms with Gasteiger partial charge in [-0.3, -0.25) is 4.98 Å². The molecule has 1 aliphatic rings. The van der Waals surface area contributed by atoms with E-state index in [0.29, 0.717) is 18.0 Å². The highest BCUT2D eigenvalue weighted by molar-refractivity contribution is 6.32. The van der Waals surface area contributed by atoms with Crippen LogP contribution in [0.2, 0.25) is 5.02 Å². The average molecular weight is 498 g/mol. The molecule has 0 atom stereocenters. The Morgan fingerprint density at radius 2 is 1.94 bits per heavy atom. The molecule has 0 aliphatic heterocycles. The van der Waals surface area contributed by atoms with Crippen molar-refractivity contribution in [3.8, 4) is 16.9 Å². The van der Waals surface area contributed by atoms with Gasteiger partial charge in [-0.2, -0.15) is 0 Å². The van der Waals surface area contributed by atoms with E-state index in [0.717, 1.165) is 72.1 Å². The smallest absolute Gasteiger partial charge is 0.170 e. The summed E-state index contributed by atoms with van der Waals surface area (Å²) in [6.07, 6.45) is 9.48. The van der Waals surface area contributed by atoms with E-state index in [9.17, 15) is 14.3 Å². The van der Waals surface area contributed by atoms with Crippen molar-refractivity contribution in [2.45, 2.75) is 51.0 Å². The number of aldehydes is 1. The number of pyridine rings is 1. The minimum Gasteiger partial charge on any atom is -0.504 e. The van der Waals surface area contributed by atoms with Crippen LogP contribution in [0.3, 0.4) is 0 Å². The highest BCUT2D eigenvalue weighted by Crippen LogP contribution is 2.37. The molecule has 0 bridgehead atoms. The third-order valence-corrected chi connectivity index (χ3v) is 7.17. The van der Waals surface area contributed by atoms with E-state index in [4.69, 9.17) is 11.6 Å². The molecule has 0 amide bonds. The fraction of sp³-hybridized carbons (Fsp3) is 0.429. The van der Waals surface area contributed by atoms with Gasteiger partial charge in [-0.15, -0.1) is 0 Å². The molecular weight excluding hydrogens is 465 g/mol. The predicted octanol–water partition coefficient (Wildman–Crippen LogP) is 6.45. The summed E-state index contributed by atoms with van der Waals surface area (Å²) in [7, 11) is 4.26. The van der Waals surface area contributed by atoms with Crippen LogP contribution in [0.1, 0.15) is 44.1 Å². The van der Waals surface area contributed by atoms with Crippen molar-refractivity contribution in [2.24, 2.45) is 5.92 Å². The second-order valence-corrected chi connectivity index (χ2v) is 10.3. The van der Waals surface area contributed by atoms with Gasteiger partial charge in [0, 0.05) is 36.3 Å². The molecular formula is C28H33ClFN3O2. The van der Waals surface area contributed by atoms with Crippen molar-refractivity contribution >= 4 is 34.5 Å². The Bertz CT molecular complexity index is 1170. The van der Waals surface area contributed by atoms with Crippen molar-refractivity contribution in [1.29, 1.82) is 0 Å². The second kappa shape index (κ2) is 11.4. The van der Waals surface area contributed by atoms with Gasteiger partial charge in [0.05, 0.1) is 10.5 Å². The Hall–Kier alpha value is -2.70. The van der Waals surface area contributed by atoms with Gasteiger partial charge in [0.2, 0.25) is 0 Å². The number of carbonyl (C=O) groups is 1. The molecule has 0 unspecified atom stereocenters. The van der Waals surface area contributed by atoms with Gasteiger partial charge in [0.15, 0.2) is 11.6 Å². The number of benzene rings is 2. The molecule has 1 aromatic heterocycles. The number of hydrogen-bond donors (Lipinski definition) is 2. The van der Waals surface area contributed by atoms with Gasteiger partial charge in [-0.1, -0.05) is 17.7 Å². The fourth-order valence-corrected chi connectivity index (χ4v) is 5.30. The number of hydrogen-bond acceptors (Lipinski definition) is 5. The fourth-order valence-electron chi connectivity index (χ4n) is 5.09. The van der Waals surface area contributed by atoms with Gasteiger partial charge in [0.25, 0.3) is 0 Å². The Kier molecular flexibility index (Phi) is 8.24. The number of rotatable bonds is 9. The standard InChI is InChI=1S/C28H33ClFN3O2/c1-33(2)17-18-6-9-22(10-7-18)32-27-20(5-3-4-12-34)16-31-26-11-8-19(13-23(26)27)21-14-24(29)28(35)25(30)15-21/h8,11-16,18,22,35H,3-7,9-10,17H2,1-2H3,(H,31,32). The molecule has 7 heteroatoms. The van der Waals surface area contributed by atoms with Gasteiger partial charge >= 0.3 is 0 Å². The Morgan fingerprint density at radius 1 is 1.17 bits per heavy atom. The number of aryl methyl sites for hydroxylation is 1. The lowest BCUT2D eigenvalue weighted by molar-refractivity contribution is -0.107. The van der Waals surface area contributed by atoms with Crippen LogP contribution in [0.15, 0.2) is 36.5 Å². The minimum absolute atomic E-state index is 0.0198. The van der Waals surface area contributed by atoms with Crippen LogP contribution in [0.25, 0.3) is 22.0 Å². The normalized spacial score (nSPS) is 18.2. The monoisotopic (exact) mass is 497 g/mol. The third-order valence-electron chi connectivity index (χ3n) is 6.88. The largest absolute Gasteiger partial charge is 0.504 e. The maximum absolute atomic E-state index is 14.2. The minimum atomic E-state index is -0.749. The van der Waals surface area contributed by atoms with E-state index in [1.807, 2.05) is 24.4 Å². The zero-order chi connectivity index (χ0) is 24.9. The molecule has 35 heavy (non-hydrogen) atoms. The molecule has 1 aliphatic carbocycles. The van der Waals surface area contributed by atoms with Crippen molar-refractivity contribution in [3.05, 3.63) is 52.9 Å². The zero-order valence-electron chi connectivity index (χ0n) is 20.4. The number of halogens is 2. The molecule has 4 rings (SSSR count). The molecule has 2 N–H and O–H groups in total. The highest BCUT2D eigenvalue weighted by Gasteiger charge is 2.23. The first-order chi connectivity index (χ1) is 16.9. The first kappa shape index (κ1) is 25.4. The Morgan fingerprint density at radius 3 is 2.63 bits per heavy atom. The molecule has 0 radical (unpaired) electrons. The SMILES string of the molecule is CN(C)CC1CCC(Nc2c(CCCC=O)cnc3ccc(-c4cc(F)c(O)c(Cl)c4)cc23)CC1. The van der Waals surface area contributed by atoms with Crippen LogP contribution in [0.5, 0.6) is 5.75 Å². The summed E-state index contributed by atoms with van der Waals surface area (Å²) >= 11 is 6.04. The molecule has 186 valence electrons. The lowest BCUT2D eigenvalue weighted by atomic mass is 9.85. The summed E-state index contributed by atoms with van der Waals surface area (Å²) in [5, 5.41) is 14.5. The second-order valence-electron chi connectivity index (χ2n) is 9.86. The maximum Gasteiger partial charge on any atom is 0.170 e. The van der Waals surface area contributed by atoms with Gasteiger partial charge < -0.3 is 20.1 Å². The quantitative estimate of drug-likeness (QED) is 0.262. The molecule has 0 spiro atoms. The molecule has 5 nitrogen and oxygen atoms in total. The number of nitrogens with one attached hydrogen (secondary N) is 1. The number of carbonyl (C=O) groups excluding carboxylic acids is 1. The maximum atomic E-state index is 14.2. The molecule has 1 saturated carbocycles. The summed E-state index contributed by atoms with van der Waals surface area (Å²) < 4.78 is 14.2. The number of phenolic OH excluding ortho intramolecular Hbond substituents is 1. The van der Waals surface area contributed by atoms with E-state index < -0.39 is 11.6 Å². The molecule has 1 heterocycles. The molecule has 2 aromatic carbocycles.